The number of anilines is 1. The lowest BCUT2D eigenvalue weighted by Crippen LogP contribution is -2.17. The maximum Gasteiger partial charge on any atom is 0.228 e. The molecule has 1 N–H and O–H groups in total. The Hall–Kier alpha value is -2.17. The Kier molecular flexibility index (Phi) is 2.80. The van der Waals surface area contributed by atoms with Crippen LogP contribution in [-0.4, -0.2) is 20.7 Å². The SMILES string of the molecule is Cn1nc(-c2ccncc2)cc1NC(=O)[C@H]1C[C@@H]1C1CC1. The highest BCUT2D eigenvalue weighted by Gasteiger charge is 2.51. The summed E-state index contributed by atoms with van der Waals surface area (Å²) in [5.74, 6) is 2.58. The maximum atomic E-state index is 12.3. The number of hydrogen-bond donors (Lipinski definition) is 1. The van der Waals surface area contributed by atoms with Crippen LogP contribution in [0, 0.1) is 17.8 Å². The van der Waals surface area contributed by atoms with E-state index in [2.05, 4.69) is 15.4 Å². The average molecular weight is 282 g/mol. The summed E-state index contributed by atoms with van der Waals surface area (Å²) in [5, 5.41) is 7.48. The molecule has 2 fully saturated rings. The minimum Gasteiger partial charge on any atom is -0.311 e. The predicted octanol–water partition coefficient (Wildman–Crippen LogP) is 2.47. The fraction of sp³-hybridized carbons (Fsp3) is 0.438. The molecule has 2 heterocycles. The molecule has 1 amide bonds. The summed E-state index contributed by atoms with van der Waals surface area (Å²) in [6, 6.07) is 5.75. The van der Waals surface area contributed by atoms with Crippen LogP contribution in [0.1, 0.15) is 19.3 Å². The Morgan fingerprint density at radius 1 is 1.33 bits per heavy atom. The number of pyridine rings is 1. The number of aryl methyl sites for hydroxylation is 1. The molecular weight excluding hydrogens is 264 g/mol. The van der Waals surface area contributed by atoms with Gasteiger partial charge >= 0.3 is 0 Å². The van der Waals surface area contributed by atoms with Gasteiger partial charge in [-0.15, -0.1) is 0 Å². The van der Waals surface area contributed by atoms with Crippen molar-refractivity contribution in [3.05, 3.63) is 30.6 Å². The molecule has 0 bridgehead atoms. The van der Waals surface area contributed by atoms with Crippen LogP contribution in [0.2, 0.25) is 0 Å². The number of rotatable bonds is 4. The number of aromatic nitrogens is 3. The minimum absolute atomic E-state index is 0.149. The van der Waals surface area contributed by atoms with Crippen molar-refractivity contribution in [3.8, 4) is 11.3 Å². The second-order valence-corrected chi connectivity index (χ2v) is 6.11. The first kappa shape index (κ1) is 12.6. The highest BCUT2D eigenvalue weighted by Crippen LogP contribution is 2.54. The van der Waals surface area contributed by atoms with E-state index in [1.165, 1.54) is 12.8 Å². The second kappa shape index (κ2) is 4.69. The van der Waals surface area contributed by atoms with Gasteiger partial charge in [-0.05, 0) is 43.2 Å². The van der Waals surface area contributed by atoms with Crippen molar-refractivity contribution in [1.82, 2.24) is 14.8 Å². The molecule has 21 heavy (non-hydrogen) atoms. The van der Waals surface area contributed by atoms with Crippen molar-refractivity contribution in [3.63, 3.8) is 0 Å². The summed E-state index contributed by atoms with van der Waals surface area (Å²) in [6.07, 6.45) is 7.17. The smallest absolute Gasteiger partial charge is 0.228 e. The van der Waals surface area contributed by atoms with E-state index in [1.54, 1.807) is 17.1 Å². The van der Waals surface area contributed by atoms with E-state index < -0.39 is 0 Å². The first-order valence-electron chi connectivity index (χ1n) is 7.47. The van der Waals surface area contributed by atoms with Gasteiger partial charge in [0.2, 0.25) is 5.91 Å². The van der Waals surface area contributed by atoms with Gasteiger partial charge < -0.3 is 5.32 Å². The van der Waals surface area contributed by atoms with E-state index in [-0.39, 0.29) is 11.8 Å². The Labute approximate surface area is 123 Å². The van der Waals surface area contributed by atoms with E-state index in [0.717, 1.165) is 29.4 Å². The van der Waals surface area contributed by atoms with Crippen LogP contribution in [0.3, 0.4) is 0 Å². The highest BCUT2D eigenvalue weighted by molar-refractivity contribution is 5.94. The van der Waals surface area contributed by atoms with E-state index in [1.807, 2.05) is 25.2 Å². The molecule has 2 aliphatic carbocycles. The quantitative estimate of drug-likeness (QED) is 0.937. The van der Waals surface area contributed by atoms with Crippen LogP contribution in [0.15, 0.2) is 30.6 Å². The molecule has 2 aromatic rings. The number of carbonyl (C=O) groups excluding carboxylic acids is 1. The molecule has 108 valence electrons. The highest BCUT2D eigenvalue weighted by atomic mass is 16.2. The average Bonchev–Trinajstić information content (AvgIpc) is 3.37. The van der Waals surface area contributed by atoms with Gasteiger partial charge in [0, 0.05) is 37.0 Å². The minimum atomic E-state index is 0.149. The zero-order valence-corrected chi connectivity index (χ0v) is 12.0. The van der Waals surface area contributed by atoms with Crippen molar-refractivity contribution in [2.24, 2.45) is 24.8 Å². The molecule has 5 nitrogen and oxygen atoms in total. The second-order valence-electron chi connectivity index (χ2n) is 6.11. The summed E-state index contributed by atoms with van der Waals surface area (Å²) in [5.41, 5.74) is 1.85. The normalized spacial score (nSPS) is 23.9. The monoisotopic (exact) mass is 282 g/mol. The van der Waals surface area contributed by atoms with Crippen molar-refractivity contribution >= 4 is 11.7 Å². The topological polar surface area (TPSA) is 59.8 Å². The lowest BCUT2D eigenvalue weighted by molar-refractivity contribution is -0.117. The molecule has 4 rings (SSSR count). The van der Waals surface area contributed by atoms with Gasteiger partial charge in [0.1, 0.15) is 5.82 Å². The largest absolute Gasteiger partial charge is 0.311 e. The van der Waals surface area contributed by atoms with Crippen LogP contribution in [0.5, 0.6) is 0 Å². The van der Waals surface area contributed by atoms with Gasteiger partial charge in [0.15, 0.2) is 0 Å². The first-order chi connectivity index (χ1) is 10.2. The van der Waals surface area contributed by atoms with Gasteiger partial charge in [-0.25, -0.2) is 0 Å². The third kappa shape index (κ3) is 2.44. The summed E-state index contributed by atoms with van der Waals surface area (Å²) >= 11 is 0. The predicted molar refractivity (Wildman–Crippen MR) is 79.4 cm³/mol. The van der Waals surface area contributed by atoms with Gasteiger partial charge in [-0.3, -0.25) is 14.5 Å². The Balaban J connectivity index is 1.48. The van der Waals surface area contributed by atoms with Crippen molar-refractivity contribution in [2.45, 2.75) is 19.3 Å². The van der Waals surface area contributed by atoms with Crippen LogP contribution in [0.4, 0.5) is 5.82 Å². The molecule has 0 spiro atoms. The lowest BCUT2D eigenvalue weighted by atomic mass is 10.2. The van der Waals surface area contributed by atoms with Crippen molar-refractivity contribution in [2.75, 3.05) is 5.32 Å². The van der Waals surface area contributed by atoms with Crippen molar-refractivity contribution < 1.29 is 4.79 Å². The Morgan fingerprint density at radius 3 is 2.81 bits per heavy atom. The summed E-state index contributed by atoms with van der Waals surface area (Å²) < 4.78 is 1.72. The zero-order chi connectivity index (χ0) is 14.4. The number of amides is 1. The molecule has 0 aromatic carbocycles. The van der Waals surface area contributed by atoms with E-state index in [0.29, 0.717) is 5.92 Å². The molecule has 0 saturated heterocycles. The van der Waals surface area contributed by atoms with Gasteiger partial charge in [0.05, 0.1) is 5.69 Å². The molecule has 2 aromatic heterocycles. The molecule has 0 radical (unpaired) electrons. The number of carbonyl (C=O) groups is 1. The standard InChI is InChI=1S/C16H18N4O/c1-20-15(9-14(19-20)11-4-6-17-7-5-11)18-16(21)13-8-12(13)10-2-3-10/h4-7,9-10,12-13H,2-3,8H2,1H3,(H,18,21)/t12-,13+/m1/s1. The van der Waals surface area contributed by atoms with Gasteiger partial charge in [-0.1, -0.05) is 0 Å². The number of hydrogen-bond acceptors (Lipinski definition) is 3. The van der Waals surface area contributed by atoms with Crippen LogP contribution >= 0.6 is 0 Å². The number of nitrogens with one attached hydrogen (secondary N) is 1. The van der Waals surface area contributed by atoms with E-state index in [4.69, 9.17) is 0 Å². The molecule has 0 aliphatic heterocycles. The van der Waals surface area contributed by atoms with E-state index >= 15 is 0 Å². The summed E-state index contributed by atoms with van der Waals surface area (Å²) in [6.45, 7) is 0. The first-order valence-corrected chi connectivity index (χ1v) is 7.47. The molecular formula is C16H18N4O. The Morgan fingerprint density at radius 2 is 2.10 bits per heavy atom. The molecule has 2 atom stereocenters. The lowest BCUT2D eigenvalue weighted by Gasteiger charge is -2.04. The van der Waals surface area contributed by atoms with Gasteiger partial charge in [0.25, 0.3) is 0 Å². The van der Waals surface area contributed by atoms with Gasteiger partial charge in [-0.2, -0.15) is 5.10 Å². The summed E-state index contributed by atoms with van der Waals surface area (Å²) in [4.78, 5) is 16.3. The fourth-order valence-electron chi connectivity index (χ4n) is 3.03. The van der Waals surface area contributed by atoms with E-state index in [9.17, 15) is 4.79 Å². The maximum absolute atomic E-state index is 12.3. The van der Waals surface area contributed by atoms with Crippen LogP contribution in [0.25, 0.3) is 11.3 Å². The third-order valence-corrected chi connectivity index (χ3v) is 4.51. The fourth-order valence-corrected chi connectivity index (χ4v) is 3.03. The molecule has 0 unspecified atom stereocenters. The van der Waals surface area contributed by atoms with Crippen LogP contribution < -0.4 is 5.32 Å². The molecule has 2 aliphatic rings. The molecule has 2 saturated carbocycles. The zero-order valence-electron chi connectivity index (χ0n) is 12.0. The van der Waals surface area contributed by atoms with Crippen molar-refractivity contribution in [1.29, 1.82) is 0 Å². The van der Waals surface area contributed by atoms with Crippen LogP contribution in [-0.2, 0) is 11.8 Å². The summed E-state index contributed by atoms with van der Waals surface area (Å²) in [7, 11) is 1.85. The number of nitrogens with zero attached hydrogens (tertiary/aromatic N) is 3. The molecule has 5 heteroatoms. The third-order valence-electron chi connectivity index (χ3n) is 4.51. The Bertz CT molecular complexity index is 675.